The third-order valence-electron chi connectivity index (χ3n) is 2.78. The van der Waals surface area contributed by atoms with Crippen LogP contribution in [0.25, 0.3) is 0 Å². The van der Waals surface area contributed by atoms with Crippen LogP contribution in [0, 0.1) is 0 Å². The maximum atomic E-state index is 11.6. The molecule has 2 rings (SSSR count). The minimum absolute atomic E-state index is 0.173. The lowest BCUT2D eigenvalue weighted by Gasteiger charge is -2.02. The molecule has 2 N–H and O–H groups in total. The molecule has 2 aromatic heterocycles. The fourth-order valence-electron chi connectivity index (χ4n) is 1.79. The summed E-state index contributed by atoms with van der Waals surface area (Å²) in [5, 5.41) is 8.24. The van der Waals surface area contributed by atoms with Crippen molar-refractivity contribution in [3.8, 4) is 0 Å². The monoisotopic (exact) mass is 263 g/mol. The largest absolute Gasteiger partial charge is 0.461 e. The number of aryl methyl sites for hydroxylation is 3. The number of carbonyl (C=O) groups is 1. The van der Waals surface area contributed by atoms with Crippen LogP contribution in [0.15, 0.2) is 18.5 Å². The number of nitrogen functional groups attached to an aromatic ring is 1. The first-order chi connectivity index (χ1) is 9.11. The molecule has 0 aliphatic heterocycles. The molecule has 2 heterocycles. The lowest BCUT2D eigenvalue weighted by atomic mass is 10.3. The van der Waals surface area contributed by atoms with E-state index in [4.69, 9.17) is 10.5 Å². The lowest BCUT2D eigenvalue weighted by molar-refractivity contribution is 0.0519. The summed E-state index contributed by atoms with van der Waals surface area (Å²) in [6, 6.07) is 1.94. The molecule has 0 aromatic carbocycles. The zero-order valence-corrected chi connectivity index (χ0v) is 11.0. The minimum atomic E-state index is -0.487. The molecule has 0 aliphatic carbocycles. The minimum Gasteiger partial charge on any atom is -0.461 e. The van der Waals surface area contributed by atoms with E-state index in [1.54, 1.807) is 28.7 Å². The maximum absolute atomic E-state index is 11.6. The standard InChI is InChI=1S/C12H17N5O2/c1-3-19-12(18)11-10(13)8-17(15-11)7-5-9-4-6-14-16(9)2/h4,6,8H,3,5,7,13H2,1-2H3. The van der Waals surface area contributed by atoms with Gasteiger partial charge in [0.05, 0.1) is 12.3 Å². The first-order valence-corrected chi connectivity index (χ1v) is 6.08. The normalized spacial score (nSPS) is 10.6. The number of esters is 1. The molecule has 0 amide bonds. The number of nitrogens with zero attached hydrogens (tertiary/aromatic N) is 4. The smallest absolute Gasteiger partial charge is 0.361 e. The van der Waals surface area contributed by atoms with E-state index in [1.807, 2.05) is 13.1 Å². The molecule has 0 radical (unpaired) electrons. The van der Waals surface area contributed by atoms with Gasteiger partial charge in [0.15, 0.2) is 5.69 Å². The maximum Gasteiger partial charge on any atom is 0.361 e. The average Bonchev–Trinajstić information content (AvgIpc) is 2.93. The molecule has 0 unspecified atom stereocenters. The van der Waals surface area contributed by atoms with E-state index in [0.29, 0.717) is 18.8 Å². The van der Waals surface area contributed by atoms with Gasteiger partial charge in [-0.2, -0.15) is 10.2 Å². The second-order valence-electron chi connectivity index (χ2n) is 4.11. The van der Waals surface area contributed by atoms with Gasteiger partial charge in [-0.1, -0.05) is 0 Å². The van der Waals surface area contributed by atoms with Gasteiger partial charge < -0.3 is 10.5 Å². The molecule has 7 heteroatoms. The fourth-order valence-corrected chi connectivity index (χ4v) is 1.79. The molecular weight excluding hydrogens is 246 g/mol. The molecular formula is C12H17N5O2. The van der Waals surface area contributed by atoms with E-state index in [0.717, 1.165) is 12.1 Å². The summed E-state index contributed by atoms with van der Waals surface area (Å²) in [5.41, 5.74) is 7.35. The summed E-state index contributed by atoms with van der Waals surface area (Å²) in [6.07, 6.45) is 4.15. The molecule has 0 bridgehead atoms. The van der Waals surface area contributed by atoms with Gasteiger partial charge in [-0.3, -0.25) is 9.36 Å². The van der Waals surface area contributed by atoms with Gasteiger partial charge in [0, 0.05) is 38.1 Å². The van der Waals surface area contributed by atoms with Crippen LogP contribution < -0.4 is 5.73 Å². The Hall–Kier alpha value is -2.31. The van der Waals surface area contributed by atoms with Crippen LogP contribution in [0.4, 0.5) is 5.69 Å². The highest BCUT2D eigenvalue weighted by molar-refractivity contribution is 5.92. The average molecular weight is 263 g/mol. The Labute approximate surface area is 111 Å². The fraction of sp³-hybridized carbons (Fsp3) is 0.417. The molecule has 0 saturated heterocycles. The Balaban J connectivity index is 2.04. The van der Waals surface area contributed by atoms with Crippen LogP contribution >= 0.6 is 0 Å². The van der Waals surface area contributed by atoms with Crippen LogP contribution in [0.2, 0.25) is 0 Å². The van der Waals surface area contributed by atoms with Crippen molar-refractivity contribution in [1.82, 2.24) is 19.6 Å². The second-order valence-corrected chi connectivity index (χ2v) is 4.11. The summed E-state index contributed by atoms with van der Waals surface area (Å²) in [6.45, 7) is 2.68. The highest BCUT2D eigenvalue weighted by Gasteiger charge is 2.15. The van der Waals surface area contributed by atoms with Crippen molar-refractivity contribution in [2.24, 2.45) is 7.05 Å². The van der Waals surface area contributed by atoms with Crippen molar-refractivity contribution in [2.45, 2.75) is 19.9 Å². The van der Waals surface area contributed by atoms with Gasteiger partial charge in [-0.05, 0) is 13.0 Å². The van der Waals surface area contributed by atoms with Gasteiger partial charge in [0.2, 0.25) is 0 Å². The van der Waals surface area contributed by atoms with Gasteiger partial charge in [-0.25, -0.2) is 4.79 Å². The van der Waals surface area contributed by atoms with Crippen molar-refractivity contribution in [3.63, 3.8) is 0 Å². The number of anilines is 1. The summed E-state index contributed by atoms with van der Waals surface area (Å²) >= 11 is 0. The van der Waals surface area contributed by atoms with Crippen LogP contribution in [0.1, 0.15) is 23.1 Å². The number of nitrogens with two attached hydrogens (primary N) is 1. The van der Waals surface area contributed by atoms with E-state index in [1.165, 1.54) is 0 Å². The Kier molecular flexibility index (Phi) is 3.84. The predicted molar refractivity (Wildman–Crippen MR) is 69.5 cm³/mol. The molecule has 0 fully saturated rings. The van der Waals surface area contributed by atoms with E-state index >= 15 is 0 Å². The predicted octanol–water partition coefficient (Wildman–Crippen LogP) is 0.618. The number of carbonyl (C=O) groups excluding carboxylic acids is 1. The number of ether oxygens (including phenoxy) is 1. The van der Waals surface area contributed by atoms with E-state index in [9.17, 15) is 4.79 Å². The topological polar surface area (TPSA) is 88.0 Å². The number of rotatable bonds is 5. The van der Waals surface area contributed by atoms with Crippen LogP contribution in [-0.4, -0.2) is 32.1 Å². The Morgan fingerprint density at radius 2 is 2.32 bits per heavy atom. The molecule has 2 aromatic rings. The van der Waals surface area contributed by atoms with E-state index < -0.39 is 5.97 Å². The molecule has 0 spiro atoms. The van der Waals surface area contributed by atoms with Crippen molar-refractivity contribution < 1.29 is 9.53 Å². The van der Waals surface area contributed by atoms with Crippen molar-refractivity contribution in [2.75, 3.05) is 12.3 Å². The number of aromatic nitrogens is 4. The van der Waals surface area contributed by atoms with E-state index in [-0.39, 0.29) is 5.69 Å². The third-order valence-corrected chi connectivity index (χ3v) is 2.78. The highest BCUT2D eigenvalue weighted by atomic mass is 16.5. The van der Waals surface area contributed by atoms with Gasteiger partial charge in [0.25, 0.3) is 0 Å². The SMILES string of the molecule is CCOC(=O)c1nn(CCc2ccnn2C)cc1N. The summed E-state index contributed by atoms with van der Waals surface area (Å²) in [7, 11) is 1.89. The zero-order chi connectivity index (χ0) is 13.8. The summed E-state index contributed by atoms with van der Waals surface area (Å²) in [5.74, 6) is -0.487. The van der Waals surface area contributed by atoms with Gasteiger partial charge in [-0.15, -0.1) is 0 Å². The Morgan fingerprint density at radius 1 is 1.53 bits per heavy atom. The molecule has 0 saturated carbocycles. The Morgan fingerprint density at radius 3 is 2.95 bits per heavy atom. The van der Waals surface area contributed by atoms with Crippen molar-refractivity contribution in [1.29, 1.82) is 0 Å². The highest BCUT2D eigenvalue weighted by Crippen LogP contribution is 2.11. The molecule has 19 heavy (non-hydrogen) atoms. The summed E-state index contributed by atoms with van der Waals surface area (Å²) < 4.78 is 8.33. The third kappa shape index (κ3) is 2.93. The Bertz CT molecular complexity index is 572. The first kappa shape index (κ1) is 13.1. The van der Waals surface area contributed by atoms with Crippen molar-refractivity contribution >= 4 is 11.7 Å². The molecule has 0 atom stereocenters. The number of hydrogen-bond donors (Lipinski definition) is 1. The van der Waals surface area contributed by atoms with Crippen LogP contribution in [0.5, 0.6) is 0 Å². The zero-order valence-electron chi connectivity index (χ0n) is 11.0. The molecule has 0 aliphatic rings. The molecule has 7 nitrogen and oxygen atoms in total. The quantitative estimate of drug-likeness (QED) is 0.799. The first-order valence-electron chi connectivity index (χ1n) is 6.08. The van der Waals surface area contributed by atoms with Gasteiger partial charge >= 0.3 is 5.97 Å². The summed E-state index contributed by atoms with van der Waals surface area (Å²) in [4.78, 5) is 11.6. The van der Waals surface area contributed by atoms with Crippen LogP contribution in [0.3, 0.4) is 0 Å². The molecule has 102 valence electrons. The van der Waals surface area contributed by atoms with Crippen LogP contribution in [-0.2, 0) is 24.8 Å². The van der Waals surface area contributed by atoms with E-state index in [2.05, 4.69) is 10.2 Å². The number of hydrogen-bond acceptors (Lipinski definition) is 5. The second kappa shape index (κ2) is 5.55. The lowest BCUT2D eigenvalue weighted by Crippen LogP contribution is -2.10. The van der Waals surface area contributed by atoms with Crippen molar-refractivity contribution in [3.05, 3.63) is 29.8 Å². The van der Waals surface area contributed by atoms with Gasteiger partial charge in [0.1, 0.15) is 0 Å².